The van der Waals surface area contributed by atoms with Crippen LogP contribution >= 0.6 is 22.6 Å². The first-order chi connectivity index (χ1) is 9.49. The van der Waals surface area contributed by atoms with Crippen molar-refractivity contribution in [1.82, 2.24) is 5.32 Å². The lowest BCUT2D eigenvalue weighted by atomic mass is 10.1. The highest BCUT2D eigenvalue weighted by molar-refractivity contribution is 14.1. The van der Waals surface area contributed by atoms with E-state index in [9.17, 15) is 9.90 Å². The molecule has 0 aliphatic rings. The molecule has 0 saturated carbocycles. The lowest BCUT2D eigenvalue weighted by Gasteiger charge is -2.16. The van der Waals surface area contributed by atoms with Gasteiger partial charge in [0.15, 0.2) is 0 Å². The monoisotopic (exact) mass is 382 g/mol. The molecule has 0 radical (unpaired) electrons. The van der Waals surface area contributed by atoms with Crippen molar-refractivity contribution in [2.45, 2.75) is 13.0 Å². The van der Waals surface area contributed by atoms with E-state index in [1.807, 2.05) is 47.7 Å². The van der Waals surface area contributed by atoms with Gasteiger partial charge in [-0.15, -0.1) is 0 Å². The summed E-state index contributed by atoms with van der Waals surface area (Å²) in [6.07, 6.45) is 0. The molecule has 2 aromatic rings. The third-order valence-electron chi connectivity index (χ3n) is 3.02. The number of nitrogen functional groups attached to an aromatic ring is 1. The zero-order valence-electron chi connectivity index (χ0n) is 10.9. The second-order valence-corrected chi connectivity index (χ2v) is 5.65. The number of nitrogens with one attached hydrogen (secondary N) is 1. The van der Waals surface area contributed by atoms with Crippen LogP contribution in [-0.4, -0.2) is 11.0 Å². The predicted octanol–water partition coefficient (Wildman–Crippen LogP) is 3.07. The molecular formula is C15H15IN2O2. The second kappa shape index (κ2) is 6.13. The molecule has 20 heavy (non-hydrogen) atoms. The molecule has 0 bridgehead atoms. The maximum atomic E-state index is 12.1. The zero-order valence-corrected chi connectivity index (χ0v) is 13.1. The normalized spacial score (nSPS) is 11.9. The van der Waals surface area contributed by atoms with Crippen molar-refractivity contribution in [2.24, 2.45) is 0 Å². The summed E-state index contributed by atoms with van der Waals surface area (Å²) < 4.78 is 0.708. The number of hydrogen-bond acceptors (Lipinski definition) is 3. The van der Waals surface area contributed by atoms with Gasteiger partial charge in [0.25, 0.3) is 5.91 Å². The van der Waals surface area contributed by atoms with Crippen molar-refractivity contribution in [3.05, 3.63) is 57.2 Å². The lowest BCUT2D eigenvalue weighted by molar-refractivity contribution is 0.0939. The highest BCUT2D eigenvalue weighted by Gasteiger charge is 2.14. The first kappa shape index (κ1) is 14.6. The Morgan fingerprint density at radius 2 is 2.00 bits per heavy atom. The molecule has 0 heterocycles. The van der Waals surface area contributed by atoms with Crippen LogP contribution in [0.25, 0.3) is 0 Å². The van der Waals surface area contributed by atoms with Crippen LogP contribution in [0.15, 0.2) is 42.5 Å². The Labute approximate surface area is 131 Å². The molecule has 2 aromatic carbocycles. The number of nitrogens with two attached hydrogens (primary N) is 1. The molecule has 0 saturated heterocycles. The van der Waals surface area contributed by atoms with Gasteiger partial charge >= 0.3 is 0 Å². The standard InChI is InChI=1S/C15H15IN2O2/c1-9(11-4-2-3-5-13(11)17)18-15(20)10-6-7-12(16)14(19)8-10/h2-9,19H,17H2,1H3,(H,18,20). The molecule has 4 nitrogen and oxygen atoms in total. The van der Waals surface area contributed by atoms with Crippen LogP contribution in [0.4, 0.5) is 5.69 Å². The van der Waals surface area contributed by atoms with Crippen molar-refractivity contribution in [1.29, 1.82) is 0 Å². The number of halogens is 1. The summed E-state index contributed by atoms with van der Waals surface area (Å²) in [6.45, 7) is 1.87. The molecule has 0 aliphatic heterocycles. The quantitative estimate of drug-likeness (QED) is 0.564. The van der Waals surface area contributed by atoms with E-state index >= 15 is 0 Å². The number of anilines is 1. The molecule has 0 aliphatic carbocycles. The highest BCUT2D eigenvalue weighted by atomic mass is 127. The van der Waals surface area contributed by atoms with E-state index < -0.39 is 0 Å². The van der Waals surface area contributed by atoms with Crippen LogP contribution in [0.3, 0.4) is 0 Å². The first-order valence-corrected chi connectivity index (χ1v) is 7.20. The summed E-state index contributed by atoms with van der Waals surface area (Å²) in [4.78, 5) is 12.1. The van der Waals surface area contributed by atoms with E-state index in [0.717, 1.165) is 5.56 Å². The van der Waals surface area contributed by atoms with E-state index in [0.29, 0.717) is 14.8 Å². The molecule has 1 atom stereocenters. The van der Waals surface area contributed by atoms with Gasteiger partial charge in [0.1, 0.15) is 5.75 Å². The minimum Gasteiger partial charge on any atom is -0.507 e. The third-order valence-corrected chi connectivity index (χ3v) is 3.93. The number of aromatic hydroxyl groups is 1. The fraction of sp³-hybridized carbons (Fsp3) is 0.133. The summed E-state index contributed by atoms with van der Waals surface area (Å²) >= 11 is 2.01. The van der Waals surface area contributed by atoms with Gasteiger partial charge in [-0.3, -0.25) is 4.79 Å². The van der Waals surface area contributed by atoms with Gasteiger partial charge in [-0.25, -0.2) is 0 Å². The summed E-state index contributed by atoms with van der Waals surface area (Å²) in [6, 6.07) is 12.0. The Bertz CT molecular complexity index is 644. The van der Waals surface area contributed by atoms with Crippen molar-refractivity contribution in [2.75, 3.05) is 5.73 Å². The van der Waals surface area contributed by atoms with Crippen LogP contribution in [0.1, 0.15) is 28.9 Å². The number of carbonyl (C=O) groups excluding carboxylic acids is 1. The van der Waals surface area contributed by atoms with Gasteiger partial charge in [0, 0.05) is 11.3 Å². The van der Waals surface area contributed by atoms with Crippen LogP contribution in [-0.2, 0) is 0 Å². The van der Waals surface area contributed by atoms with Gasteiger partial charge in [0.2, 0.25) is 0 Å². The highest BCUT2D eigenvalue weighted by Crippen LogP contribution is 2.22. The molecule has 0 fully saturated rings. The molecule has 1 unspecified atom stereocenters. The van der Waals surface area contributed by atoms with Crippen LogP contribution < -0.4 is 11.1 Å². The van der Waals surface area contributed by atoms with Crippen LogP contribution in [0, 0.1) is 3.57 Å². The molecule has 104 valence electrons. The first-order valence-electron chi connectivity index (χ1n) is 6.13. The zero-order chi connectivity index (χ0) is 14.7. The fourth-order valence-electron chi connectivity index (χ4n) is 1.92. The van der Waals surface area contributed by atoms with Crippen LogP contribution in [0.5, 0.6) is 5.75 Å². The number of amides is 1. The molecule has 0 aromatic heterocycles. The molecule has 5 heteroatoms. The average molecular weight is 382 g/mol. The summed E-state index contributed by atoms with van der Waals surface area (Å²) in [5.41, 5.74) is 7.82. The van der Waals surface area contributed by atoms with E-state index in [-0.39, 0.29) is 17.7 Å². The topological polar surface area (TPSA) is 75.3 Å². The summed E-state index contributed by atoms with van der Waals surface area (Å²) in [5.74, 6) is -0.141. The molecule has 2 rings (SSSR count). The Balaban J connectivity index is 2.15. The van der Waals surface area contributed by atoms with Crippen LogP contribution in [0.2, 0.25) is 0 Å². The Morgan fingerprint density at radius 1 is 1.30 bits per heavy atom. The number of rotatable bonds is 3. The Kier molecular flexibility index (Phi) is 4.49. The maximum Gasteiger partial charge on any atom is 0.251 e. The lowest BCUT2D eigenvalue weighted by Crippen LogP contribution is -2.27. The Hall–Kier alpha value is -1.76. The molecule has 0 spiro atoms. The third kappa shape index (κ3) is 3.22. The number of para-hydroxylation sites is 1. The van der Waals surface area contributed by atoms with Gasteiger partial charge in [-0.1, -0.05) is 18.2 Å². The van der Waals surface area contributed by atoms with Crippen molar-refractivity contribution in [3.8, 4) is 5.75 Å². The Morgan fingerprint density at radius 3 is 2.65 bits per heavy atom. The van der Waals surface area contributed by atoms with E-state index in [1.165, 1.54) is 6.07 Å². The maximum absolute atomic E-state index is 12.1. The van der Waals surface area contributed by atoms with Gasteiger partial charge in [-0.2, -0.15) is 0 Å². The van der Waals surface area contributed by atoms with Gasteiger partial charge < -0.3 is 16.2 Å². The SMILES string of the molecule is CC(NC(=O)c1ccc(I)c(O)c1)c1ccccc1N. The van der Waals surface area contributed by atoms with Gasteiger partial charge in [-0.05, 0) is 59.3 Å². The molecular weight excluding hydrogens is 367 g/mol. The minimum absolute atomic E-state index is 0.102. The van der Waals surface area contributed by atoms with E-state index in [2.05, 4.69) is 5.32 Å². The largest absolute Gasteiger partial charge is 0.507 e. The van der Waals surface area contributed by atoms with Gasteiger partial charge in [0.05, 0.1) is 9.61 Å². The van der Waals surface area contributed by atoms with E-state index in [1.54, 1.807) is 18.2 Å². The fourth-order valence-corrected chi connectivity index (χ4v) is 2.25. The number of phenols is 1. The summed E-state index contributed by atoms with van der Waals surface area (Å²) in [5, 5.41) is 12.5. The second-order valence-electron chi connectivity index (χ2n) is 4.49. The average Bonchev–Trinajstić information content (AvgIpc) is 2.42. The summed E-state index contributed by atoms with van der Waals surface area (Å²) in [7, 11) is 0. The number of carbonyl (C=O) groups is 1. The smallest absolute Gasteiger partial charge is 0.251 e. The van der Waals surface area contributed by atoms with Crippen molar-refractivity contribution < 1.29 is 9.90 Å². The molecule has 4 N–H and O–H groups in total. The van der Waals surface area contributed by atoms with Crippen molar-refractivity contribution in [3.63, 3.8) is 0 Å². The number of hydrogen-bond donors (Lipinski definition) is 3. The molecule has 1 amide bonds. The number of phenolic OH excluding ortho intramolecular Hbond substituents is 1. The number of benzene rings is 2. The minimum atomic E-state index is -0.243. The predicted molar refractivity (Wildman–Crippen MR) is 87.6 cm³/mol. The van der Waals surface area contributed by atoms with Crippen molar-refractivity contribution >= 4 is 34.2 Å². The van der Waals surface area contributed by atoms with E-state index in [4.69, 9.17) is 5.73 Å².